The first-order chi connectivity index (χ1) is 14.8. The molecule has 0 aliphatic heterocycles. The quantitative estimate of drug-likeness (QED) is 0.460. The van der Waals surface area contributed by atoms with Gasteiger partial charge in [0.25, 0.3) is 0 Å². The van der Waals surface area contributed by atoms with Crippen LogP contribution in [0.15, 0.2) is 65.7 Å². The SMILES string of the molecule is CSCCC(NS(=O)(=O)c1cc(Cl)ccc1Cl)C(=O)Nc1ccn(-c2ccccc2)n1. The maximum atomic E-state index is 12.9. The van der Waals surface area contributed by atoms with E-state index < -0.39 is 22.0 Å². The van der Waals surface area contributed by atoms with Crippen molar-refractivity contribution in [3.8, 4) is 5.69 Å². The molecule has 0 radical (unpaired) electrons. The first-order valence-corrected chi connectivity index (χ1v) is 12.8. The third kappa shape index (κ3) is 6.24. The van der Waals surface area contributed by atoms with E-state index in [0.29, 0.717) is 11.6 Å². The molecule has 7 nitrogen and oxygen atoms in total. The maximum absolute atomic E-state index is 12.9. The van der Waals surface area contributed by atoms with Crippen molar-refractivity contribution >= 4 is 56.7 Å². The van der Waals surface area contributed by atoms with Crippen LogP contribution in [0, 0.1) is 0 Å². The van der Waals surface area contributed by atoms with E-state index >= 15 is 0 Å². The molecule has 0 spiro atoms. The fraction of sp³-hybridized carbons (Fsp3) is 0.200. The number of nitrogens with zero attached hydrogens (tertiary/aromatic N) is 2. The Morgan fingerprint density at radius 2 is 1.90 bits per heavy atom. The molecule has 2 aromatic carbocycles. The molecule has 0 aliphatic carbocycles. The molecule has 1 unspecified atom stereocenters. The minimum atomic E-state index is -4.08. The highest BCUT2D eigenvalue weighted by Crippen LogP contribution is 2.25. The molecule has 1 atom stereocenters. The van der Waals surface area contributed by atoms with Crippen LogP contribution in [-0.2, 0) is 14.8 Å². The molecule has 3 rings (SSSR count). The Morgan fingerprint density at radius 1 is 1.16 bits per heavy atom. The number of carbonyl (C=O) groups is 1. The van der Waals surface area contributed by atoms with Gasteiger partial charge in [-0.2, -0.15) is 21.6 Å². The average Bonchev–Trinajstić information content (AvgIpc) is 3.21. The molecule has 0 saturated carbocycles. The summed E-state index contributed by atoms with van der Waals surface area (Å²) in [6.07, 6.45) is 3.86. The number of benzene rings is 2. The summed E-state index contributed by atoms with van der Waals surface area (Å²) in [5.74, 6) is 0.361. The number of nitrogens with one attached hydrogen (secondary N) is 2. The van der Waals surface area contributed by atoms with Crippen molar-refractivity contribution in [3.63, 3.8) is 0 Å². The average molecular weight is 499 g/mol. The van der Waals surface area contributed by atoms with Gasteiger partial charge >= 0.3 is 0 Å². The van der Waals surface area contributed by atoms with Crippen LogP contribution in [0.4, 0.5) is 5.82 Å². The maximum Gasteiger partial charge on any atom is 0.243 e. The smallest absolute Gasteiger partial charge is 0.243 e. The van der Waals surface area contributed by atoms with E-state index in [0.717, 1.165) is 5.69 Å². The van der Waals surface area contributed by atoms with Gasteiger partial charge in [0.15, 0.2) is 5.82 Å². The van der Waals surface area contributed by atoms with Gasteiger partial charge < -0.3 is 5.32 Å². The molecule has 1 amide bonds. The molecular formula is C20H20Cl2N4O3S2. The van der Waals surface area contributed by atoms with Crippen molar-refractivity contribution in [3.05, 3.63) is 70.8 Å². The van der Waals surface area contributed by atoms with Crippen molar-refractivity contribution in [2.75, 3.05) is 17.3 Å². The zero-order chi connectivity index (χ0) is 22.4. The number of halogens is 2. The molecule has 0 fully saturated rings. The number of hydrogen-bond donors (Lipinski definition) is 2. The normalized spacial score (nSPS) is 12.5. The molecule has 2 N–H and O–H groups in total. The van der Waals surface area contributed by atoms with Crippen molar-refractivity contribution in [1.82, 2.24) is 14.5 Å². The molecule has 0 aliphatic rings. The number of para-hydroxylation sites is 1. The number of amides is 1. The van der Waals surface area contributed by atoms with Gasteiger partial charge in [0.05, 0.1) is 10.7 Å². The lowest BCUT2D eigenvalue weighted by Gasteiger charge is -2.18. The Hall–Kier alpha value is -2.04. The van der Waals surface area contributed by atoms with E-state index in [4.69, 9.17) is 23.2 Å². The van der Waals surface area contributed by atoms with E-state index in [1.807, 2.05) is 36.6 Å². The van der Waals surface area contributed by atoms with Gasteiger partial charge in [-0.05, 0) is 48.8 Å². The predicted molar refractivity (Wildman–Crippen MR) is 126 cm³/mol. The first kappa shape index (κ1) is 23.6. The summed E-state index contributed by atoms with van der Waals surface area (Å²) in [4.78, 5) is 12.7. The summed E-state index contributed by atoms with van der Waals surface area (Å²) in [7, 11) is -4.08. The van der Waals surface area contributed by atoms with Crippen molar-refractivity contribution in [2.24, 2.45) is 0 Å². The van der Waals surface area contributed by atoms with Gasteiger partial charge in [0.1, 0.15) is 10.9 Å². The van der Waals surface area contributed by atoms with Crippen LogP contribution in [0.25, 0.3) is 5.69 Å². The van der Waals surface area contributed by atoms with E-state index in [-0.39, 0.29) is 21.4 Å². The number of thioether (sulfide) groups is 1. The second-order valence-corrected chi connectivity index (χ2v) is 10.0. The Balaban J connectivity index is 1.78. The molecular weight excluding hydrogens is 479 g/mol. The third-order valence-electron chi connectivity index (χ3n) is 4.27. The molecule has 31 heavy (non-hydrogen) atoms. The summed E-state index contributed by atoms with van der Waals surface area (Å²) in [6, 6.07) is 14.2. The second-order valence-electron chi connectivity index (χ2n) is 6.50. The van der Waals surface area contributed by atoms with Crippen LogP contribution in [0.1, 0.15) is 6.42 Å². The Morgan fingerprint density at radius 3 is 2.61 bits per heavy atom. The number of hydrogen-bond acceptors (Lipinski definition) is 5. The molecule has 164 valence electrons. The summed E-state index contributed by atoms with van der Waals surface area (Å²) in [6.45, 7) is 0. The van der Waals surface area contributed by atoms with E-state index in [9.17, 15) is 13.2 Å². The van der Waals surface area contributed by atoms with Gasteiger partial charge in [0.2, 0.25) is 15.9 Å². The van der Waals surface area contributed by atoms with Crippen molar-refractivity contribution in [1.29, 1.82) is 0 Å². The number of rotatable bonds is 9. The third-order valence-corrected chi connectivity index (χ3v) is 7.10. The van der Waals surface area contributed by atoms with Gasteiger partial charge in [-0.1, -0.05) is 41.4 Å². The second kappa shape index (κ2) is 10.5. The fourth-order valence-electron chi connectivity index (χ4n) is 2.74. The van der Waals surface area contributed by atoms with Crippen LogP contribution in [0.5, 0.6) is 0 Å². The van der Waals surface area contributed by atoms with Crippen LogP contribution >= 0.6 is 35.0 Å². The van der Waals surface area contributed by atoms with E-state index in [1.165, 1.54) is 30.0 Å². The lowest BCUT2D eigenvalue weighted by Crippen LogP contribution is -2.44. The summed E-state index contributed by atoms with van der Waals surface area (Å²) in [5.41, 5.74) is 0.832. The van der Waals surface area contributed by atoms with E-state index in [1.54, 1.807) is 16.9 Å². The van der Waals surface area contributed by atoms with Crippen LogP contribution in [0.3, 0.4) is 0 Å². The number of aromatic nitrogens is 2. The number of carbonyl (C=O) groups excluding carboxylic acids is 1. The molecule has 0 bridgehead atoms. The largest absolute Gasteiger partial charge is 0.308 e. The lowest BCUT2D eigenvalue weighted by molar-refractivity contribution is -0.117. The fourth-order valence-corrected chi connectivity index (χ4v) is 5.21. The van der Waals surface area contributed by atoms with Crippen LogP contribution in [0.2, 0.25) is 10.0 Å². The van der Waals surface area contributed by atoms with Gasteiger partial charge in [-0.3, -0.25) is 4.79 Å². The Bertz CT molecular complexity index is 1150. The number of sulfonamides is 1. The Labute approximate surface area is 195 Å². The monoisotopic (exact) mass is 498 g/mol. The standard InChI is InChI=1S/C20H20Cl2N4O3S2/c1-30-12-10-17(25-31(28,29)18-13-14(21)7-8-16(18)22)20(27)23-19-9-11-26(24-19)15-5-3-2-4-6-15/h2-9,11,13,17,25H,10,12H2,1H3,(H,23,24,27). The molecule has 11 heteroatoms. The molecule has 1 aromatic heterocycles. The lowest BCUT2D eigenvalue weighted by atomic mass is 10.2. The Kier molecular flexibility index (Phi) is 8.01. The molecule has 1 heterocycles. The van der Waals surface area contributed by atoms with Gasteiger partial charge in [0, 0.05) is 17.3 Å². The van der Waals surface area contributed by atoms with Crippen LogP contribution in [-0.4, -0.2) is 42.2 Å². The highest BCUT2D eigenvalue weighted by atomic mass is 35.5. The minimum absolute atomic E-state index is 0.0162. The summed E-state index contributed by atoms with van der Waals surface area (Å²) in [5, 5.41) is 7.24. The van der Waals surface area contributed by atoms with Crippen molar-refractivity contribution in [2.45, 2.75) is 17.4 Å². The van der Waals surface area contributed by atoms with E-state index in [2.05, 4.69) is 15.1 Å². The van der Waals surface area contributed by atoms with Gasteiger partial charge in [-0.15, -0.1) is 0 Å². The first-order valence-electron chi connectivity index (χ1n) is 9.18. The zero-order valence-electron chi connectivity index (χ0n) is 16.5. The van der Waals surface area contributed by atoms with Gasteiger partial charge in [-0.25, -0.2) is 13.1 Å². The molecule has 3 aromatic rings. The zero-order valence-corrected chi connectivity index (χ0v) is 19.6. The van der Waals surface area contributed by atoms with Crippen LogP contribution < -0.4 is 10.0 Å². The number of anilines is 1. The minimum Gasteiger partial charge on any atom is -0.308 e. The summed E-state index contributed by atoms with van der Waals surface area (Å²) < 4.78 is 29.8. The highest BCUT2D eigenvalue weighted by molar-refractivity contribution is 7.98. The topological polar surface area (TPSA) is 93.1 Å². The molecule has 0 saturated heterocycles. The highest BCUT2D eigenvalue weighted by Gasteiger charge is 2.27. The van der Waals surface area contributed by atoms with Crippen molar-refractivity contribution < 1.29 is 13.2 Å². The predicted octanol–water partition coefficient (Wildman–Crippen LogP) is 4.22. The summed E-state index contributed by atoms with van der Waals surface area (Å²) >= 11 is 13.5.